The second kappa shape index (κ2) is 5.13. The summed E-state index contributed by atoms with van der Waals surface area (Å²) in [5, 5.41) is 3.53. The molecule has 2 atom stereocenters. The molecule has 84 valence electrons. The maximum Gasteiger partial charge on any atom is 0.0523 e. The monoisotopic (exact) mass is 199 g/mol. The first-order valence-corrected chi connectivity index (χ1v) is 5.91. The van der Waals surface area contributed by atoms with Gasteiger partial charge in [0.1, 0.15) is 0 Å². The third-order valence-corrected chi connectivity index (χ3v) is 3.09. The molecule has 0 aliphatic heterocycles. The molecule has 0 saturated heterocycles. The smallest absolute Gasteiger partial charge is 0.0523 e. The summed E-state index contributed by atoms with van der Waals surface area (Å²) in [4.78, 5) is 0. The largest absolute Gasteiger partial charge is 0.378 e. The Hall–Kier alpha value is -0.0800. The average Bonchev–Trinajstić information content (AvgIpc) is 2.46. The van der Waals surface area contributed by atoms with E-state index < -0.39 is 0 Å². The lowest BCUT2D eigenvalue weighted by Gasteiger charge is -2.25. The van der Waals surface area contributed by atoms with Crippen LogP contribution in [0, 0.1) is 5.41 Å². The van der Waals surface area contributed by atoms with Crippen molar-refractivity contribution >= 4 is 0 Å². The maximum atomic E-state index is 5.73. The molecule has 1 rings (SSSR count). The zero-order valence-corrected chi connectivity index (χ0v) is 10.1. The molecule has 2 unspecified atom stereocenters. The quantitative estimate of drug-likeness (QED) is 0.735. The molecule has 0 radical (unpaired) electrons. The third-order valence-electron chi connectivity index (χ3n) is 3.09. The molecule has 0 aromatic heterocycles. The Morgan fingerprint density at radius 3 is 2.79 bits per heavy atom. The Balaban J connectivity index is 2.30. The summed E-state index contributed by atoms with van der Waals surface area (Å²) in [6.45, 7) is 10.8. The van der Waals surface area contributed by atoms with Crippen LogP contribution in [0.25, 0.3) is 0 Å². The Labute approximate surface area is 88.4 Å². The van der Waals surface area contributed by atoms with E-state index in [2.05, 4.69) is 33.0 Å². The summed E-state index contributed by atoms with van der Waals surface area (Å²) in [6, 6.07) is 0.723. The van der Waals surface area contributed by atoms with Crippen molar-refractivity contribution in [2.45, 2.75) is 59.1 Å². The van der Waals surface area contributed by atoms with E-state index >= 15 is 0 Å². The first-order chi connectivity index (χ1) is 6.56. The lowest BCUT2D eigenvalue weighted by atomic mass is 9.90. The van der Waals surface area contributed by atoms with Gasteiger partial charge in [0, 0.05) is 6.04 Å². The van der Waals surface area contributed by atoms with Gasteiger partial charge in [-0.2, -0.15) is 0 Å². The summed E-state index contributed by atoms with van der Waals surface area (Å²) < 4.78 is 5.73. The highest BCUT2D eigenvalue weighted by molar-refractivity contribution is 4.89. The Morgan fingerprint density at radius 2 is 2.21 bits per heavy atom. The summed E-state index contributed by atoms with van der Waals surface area (Å²) in [6.07, 6.45) is 4.25. The fourth-order valence-corrected chi connectivity index (χ4v) is 2.28. The van der Waals surface area contributed by atoms with Crippen molar-refractivity contribution in [2.24, 2.45) is 5.41 Å². The zero-order chi connectivity index (χ0) is 10.6. The molecule has 0 bridgehead atoms. The second-order valence-corrected chi connectivity index (χ2v) is 5.17. The summed E-state index contributed by atoms with van der Waals surface area (Å²) in [5.74, 6) is 0. The molecule has 0 aromatic rings. The van der Waals surface area contributed by atoms with Gasteiger partial charge in [-0.15, -0.1) is 0 Å². The predicted octanol–water partition coefficient (Wildman–Crippen LogP) is 2.58. The van der Waals surface area contributed by atoms with Crippen molar-refractivity contribution in [3.8, 4) is 0 Å². The molecule has 14 heavy (non-hydrogen) atoms. The van der Waals surface area contributed by atoms with E-state index in [1.54, 1.807) is 0 Å². The lowest BCUT2D eigenvalue weighted by Crippen LogP contribution is -2.29. The lowest BCUT2D eigenvalue weighted by molar-refractivity contribution is 0.0160. The van der Waals surface area contributed by atoms with Gasteiger partial charge in [0.2, 0.25) is 0 Å². The molecular weight excluding hydrogens is 174 g/mol. The topological polar surface area (TPSA) is 21.3 Å². The van der Waals surface area contributed by atoms with Gasteiger partial charge in [-0.05, 0) is 45.1 Å². The number of nitrogens with one attached hydrogen (secondary N) is 1. The van der Waals surface area contributed by atoms with Crippen LogP contribution in [0.3, 0.4) is 0 Å². The van der Waals surface area contributed by atoms with Gasteiger partial charge in [0.25, 0.3) is 0 Å². The van der Waals surface area contributed by atoms with Crippen molar-refractivity contribution in [1.82, 2.24) is 5.32 Å². The van der Waals surface area contributed by atoms with Gasteiger partial charge in [-0.3, -0.25) is 0 Å². The number of ether oxygens (including phenoxy) is 1. The van der Waals surface area contributed by atoms with E-state index in [0.717, 1.165) is 19.2 Å². The van der Waals surface area contributed by atoms with Crippen LogP contribution in [0.5, 0.6) is 0 Å². The van der Waals surface area contributed by atoms with Crippen LogP contribution in [0.4, 0.5) is 0 Å². The Bertz CT molecular complexity index is 170. The summed E-state index contributed by atoms with van der Waals surface area (Å²) in [5.41, 5.74) is 0.414. The third kappa shape index (κ3) is 3.58. The van der Waals surface area contributed by atoms with Crippen molar-refractivity contribution < 1.29 is 4.74 Å². The van der Waals surface area contributed by atoms with Crippen molar-refractivity contribution in [1.29, 1.82) is 0 Å². The van der Waals surface area contributed by atoms with Gasteiger partial charge in [-0.25, -0.2) is 0 Å². The van der Waals surface area contributed by atoms with E-state index in [9.17, 15) is 0 Å². The fraction of sp³-hybridized carbons (Fsp3) is 1.00. The number of hydrogen-bond acceptors (Lipinski definition) is 2. The molecule has 2 heteroatoms. The van der Waals surface area contributed by atoms with Gasteiger partial charge >= 0.3 is 0 Å². The summed E-state index contributed by atoms with van der Waals surface area (Å²) >= 11 is 0. The highest BCUT2D eigenvalue weighted by Crippen LogP contribution is 2.38. The van der Waals surface area contributed by atoms with Crippen LogP contribution in [0.15, 0.2) is 0 Å². The first-order valence-electron chi connectivity index (χ1n) is 5.91. The predicted molar refractivity (Wildman–Crippen MR) is 60.5 cm³/mol. The molecule has 1 aliphatic rings. The maximum absolute atomic E-state index is 5.73. The minimum atomic E-state index is 0.366. The first kappa shape index (κ1) is 12.0. The molecule has 1 fully saturated rings. The number of hydrogen-bond donors (Lipinski definition) is 1. The molecule has 1 saturated carbocycles. The van der Waals surface area contributed by atoms with Crippen molar-refractivity contribution in [2.75, 3.05) is 13.2 Å². The van der Waals surface area contributed by atoms with Crippen LogP contribution in [-0.2, 0) is 4.74 Å². The van der Waals surface area contributed by atoms with Crippen molar-refractivity contribution in [3.05, 3.63) is 0 Å². The van der Waals surface area contributed by atoms with E-state index in [1.807, 2.05) is 0 Å². The standard InChI is InChI=1S/C12H25NO/c1-5-13-11-6-7-12(4,8-11)9-14-10(2)3/h10-11,13H,5-9H2,1-4H3. The van der Waals surface area contributed by atoms with E-state index in [-0.39, 0.29) is 0 Å². The summed E-state index contributed by atoms with van der Waals surface area (Å²) in [7, 11) is 0. The molecule has 0 aromatic carbocycles. The van der Waals surface area contributed by atoms with Gasteiger partial charge < -0.3 is 10.1 Å². The molecule has 0 amide bonds. The molecular formula is C12H25NO. The normalized spacial score (nSPS) is 32.8. The SMILES string of the molecule is CCNC1CCC(C)(COC(C)C)C1. The van der Waals surface area contributed by atoms with Crippen LogP contribution in [0.2, 0.25) is 0 Å². The minimum absolute atomic E-state index is 0.366. The average molecular weight is 199 g/mol. The highest BCUT2D eigenvalue weighted by Gasteiger charge is 2.34. The Kier molecular flexibility index (Phi) is 4.39. The van der Waals surface area contributed by atoms with Gasteiger partial charge in [0.15, 0.2) is 0 Å². The van der Waals surface area contributed by atoms with Gasteiger partial charge in [0.05, 0.1) is 12.7 Å². The van der Waals surface area contributed by atoms with Crippen LogP contribution < -0.4 is 5.32 Å². The van der Waals surface area contributed by atoms with Crippen molar-refractivity contribution in [3.63, 3.8) is 0 Å². The fourth-order valence-electron chi connectivity index (χ4n) is 2.28. The van der Waals surface area contributed by atoms with E-state index in [0.29, 0.717) is 11.5 Å². The number of rotatable bonds is 5. The van der Waals surface area contributed by atoms with E-state index in [1.165, 1.54) is 19.3 Å². The van der Waals surface area contributed by atoms with Crippen LogP contribution in [0.1, 0.15) is 47.0 Å². The second-order valence-electron chi connectivity index (χ2n) is 5.17. The molecule has 2 nitrogen and oxygen atoms in total. The minimum Gasteiger partial charge on any atom is -0.378 e. The van der Waals surface area contributed by atoms with Crippen LogP contribution in [-0.4, -0.2) is 25.3 Å². The Morgan fingerprint density at radius 1 is 1.50 bits per heavy atom. The van der Waals surface area contributed by atoms with E-state index in [4.69, 9.17) is 4.74 Å². The van der Waals surface area contributed by atoms with Crippen LogP contribution >= 0.6 is 0 Å². The molecule has 1 aliphatic carbocycles. The molecule has 0 heterocycles. The zero-order valence-electron chi connectivity index (χ0n) is 10.1. The molecule has 0 spiro atoms. The molecule has 1 N–H and O–H groups in total. The highest BCUT2D eigenvalue weighted by atomic mass is 16.5. The van der Waals surface area contributed by atoms with Gasteiger partial charge in [-0.1, -0.05) is 13.8 Å².